The van der Waals surface area contributed by atoms with E-state index in [9.17, 15) is 13.2 Å². The van der Waals surface area contributed by atoms with Crippen molar-refractivity contribution in [1.82, 2.24) is 19.4 Å². The third-order valence-electron chi connectivity index (χ3n) is 5.70. The van der Waals surface area contributed by atoms with Crippen LogP contribution in [0.2, 0.25) is 0 Å². The van der Waals surface area contributed by atoms with Gasteiger partial charge in [0.25, 0.3) is 5.91 Å². The number of amides is 1. The topological polar surface area (TPSA) is 108 Å². The molecule has 5 heterocycles. The van der Waals surface area contributed by atoms with Gasteiger partial charge in [-0.1, -0.05) is 0 Å². The van der Waals surface area contributed by atoms with Gasteiger partial charge >= 0.3 is 0 Å². The number of furan rings is 1. The number of rotatable bonds is 3. The molecule has 0 bridgehead atoms. The first-order chi connectivity index (χ1) is 14.4. The Morgan fingerprint density at radius 2 is 2.03 bits per heavy atom. The molecular weight excluding hydrogens is 408 g/mol. The molecule has 1 amide bonds. The average molecular weight is 430 g/mol. The maximum Gasteiger partial charge on any atom is 0.274 e. The van der Waals surface area contributed by atoms with Crippen molar-refractivity contribution in [3.05, 3.63) is 36.0 Å². The summed E-state index contributed by atoms with van der Waals surface area (Å²) in [5.41, 5.74) is 1.96. The van der Waals surface area contributed by atoms with Crippen LogP contribution in [0.4, 0.5) is 0 Å². The number of nitrogens with zero attached hydrogens (tertiary/aromatic N) is 4. The van der Waals surface area contributed by atoms with Crippen molar-refractivity contribution in [2.45, 2.75) is 19.4 Å². The summed E-state index contributed by atoms with van der Waals surface area (Å²) in [5, 5.41) is 0. The van der Waals surface area contributed by atoms with Crippen molar-refractivity contribution in [2.24, 2.45) is 0 Å². The summed E-state index contributed by atoms with van der Waals surface area (Å²) in [6, 6.07) is 5.16. The maximum atomic E-state index is 13.3. The monoisotopic (exact) mass is 430 g/mol. The second-order valence-electron chi connectivity index (χ2n) is 7.69. The number of ether oxygens (including phenoxy) is 1. The molecule has 1 atom stereocenters. The molecule has 0 aliphatic carbocycles. The van der Waals surface area contributed by atoms with Crippen molar-refractivity contribution >= 4 is 26.8 Å². The van der Waals surface area contributed by atoms with Crippen LogP contribution in [-0.2, 0) is 14.6 Å². The summed E-state index contributed by atoms with van der Waals surface area (Å²) >= 11 is 0. The Kier molecular flexibility index (Phi) is 4.62. The highest BCUT2D eigenvalue weighted by Crippen LogP contribution is 2.33. The molecule has 0 aromatic carbocycles. The van der Waals surface area contributed by atoms with Crippen LogP contribution in [0.15, 0.2) is 28.9 Å². The summed E-state index contributed by atoms with van der Waals surface area (Å²) in [7, 11) is -3.08. The minimum Gasteiger partial charge on any atom is -0.463 e. The Labute approximate surface area is 173 Å². The SMILES string of the molecule is Cc1nc2c(C(=O)N3CCOCC3)nc(-c3ccco3)cc2n1C1CCS(=O)(=O)C1. The fourth-order valence-corrected chi connectivity index (χ4v) is 5.96. The molecule has 0 saturated carbocycles. The third kappa shape index (κ3) is 3.29. The summed E-state index contributed by atoms with van der Waals surface area (Å²) in [6.45, 7) is 3.79. The van der Waals surface area contributed by atoms with Crippen LogP contribution >= 0.6 is 0 Å². The van der Waals surface area contributed by atoms with E-state index in [0.717, 1.165) is 0 Å². The zero-order chi connectivity index (χ0) is 20.9. The minimum absolute atomic E-state index is 0.0739. The van der Waals surface area contributed by atoms with Gasteiger partial charge in [-0.05, 0) is 31.5 Å². The van der Waals surface area contributed by atoms with Crippen molar-refractivity contribution < 1.29 is 22.4 Å². The Bertz CT molecular complexity index is 1210. The Morgan fingerprint density at radius 1 is 1.23 bits per heavy atom. The third-order valence-corrected chi connectivity index (χ3v) is 7.45. The van der Waals surface area contributed by atoms with Crippen LogP contribution in [0, 0.1) is 6.92 Å². The first-order valence-corrected chi connectivity index (χ1v) is 11.8. The fourth-order valence-electron chi connectivity index (χ4n) is 4.26. The second kappa shape index (κ2) is 7.21. The van der Waals surface area contributed by atoms with Gasteiger partial charge in [0, 0.05) is 13.1 Å². The largest absolute Gasteiger partial charge is 0.463 e. The van der Waals surface area contributed by atoms with Gasteiger partial charge in [-0.2, -0.15) is 0 Å². The lowest BCUT2D eigenvalue weighted by molar-refractivity contribution is 0.0300. The number of sulfone groups is 1. The van der Waals surface area contributed by atoms with E-state index in [2.05, 4.69) is 9.97 Å². The van der Waals surface area contributed by atoms with Crippen LogP contribution < -0.4 is 0 Å². The molecule has 1 unspecified atom stereocenters. The summed E-state index contributed by atoms with van der Waals surface area (Å²) < 4.78 is 37.0. The van der Waals surface area contributed by atoms with E-state index in [1.165, 1.54) is 0 Å². The Morgan fingerprint density at radius 3 is 2.70 bits per heavy atom. The Balaban J connectivity index is 1.69. The number of fused-ring (bicyclic) bond motifs is 1. The van der Waals surface area contributed by atoms with Crippen molar-refractivity contribution in [3.63, 3.8) is 0 Å². The van der Waals surface area contributed by atoms with E-state index < -0.39 is 9.84 Å². The van der Waals surface area contributed by atoms with Crippen LogP contribution in [0.5, 0.6) is 0 Å². The molecule has 2 fully saturated rings. The number of hydrogen-bond donors (Lipinski definition) is 0. The summed E-state index contributed by atoms with van der Waals surface area (Å²) in [4.78, 5) is 24.3. The predicted octanol–water partition coefficient (Wildman–Crippen LogP) is 1.83. The molecule has 30 heavy (non-hydrogen) atoms. The molecule has 3 aromatic rings. The highest BCUT2D eigenvalue weighted by Gasteiger charge is 2.33. The van der Waals surface area contributed by atoms with Crippen LogP contribution in [0.1, 0.15) is 28.8 Å². The normalized spacial score (nSPS) is 21.4. The second-order valence-corrected chi connectivity index (χ2v) is 9.92. The predicted molar refractivity (Wildman–Crippen MR) is 109 cm³/mol. The maximum absolute atomic E-state index is 13.3. The molecular formula is C20H22N4O5S. The van der Waals surface area contributed by atoms with E-state index in [-0.39, 0.29) is 29.1 Å². The average Bonchev–Trinajstić information content (AvgIpc) is 3.45. The van der Waals surface area contributed by atoms with Gasteiger partial charge in [-0.15, -0.1) is 0 Å². The number of pyridine rings is 1. The molecule has 2 aliphatic heterocycles. The molecule has 0 radical (unpaired) electrons. The standard InChI is InChI=1S/C20H22N4O5S/c1-13-21-18-16(24(13)14-4-10-30(26,27)12-14)11-15(17-3-2-7-29-17)22-19(18)20(25)23-5-8-28-9-6-23/h2-3,7,11,14H,4-6,8-10,12H2,1H3. The van der Waals surface area contributed by atoms with Gasteiger partial charge in [0.15, 0.2) is 21.3 Å². The quantitative estimate of drug-likeness (QED) is 0.624. The number of imidazole rings is 1. The molecule has 9 nitrogen and oxygen atoms in total. The lowest BCUT2D eigenvalue weighted by Crippen LogP contribution is -2.41. The van der Waals surface area contributed by atoms with E-state index in [1.807, 2.05) is 17.6 Å². The van der Waals surface area contributed by atoms with Gasteiger partial charge in [-0.25, -0.2) is 18.4 Å². The van der Waals surface area contributed by atoms with Crippen molar-refractivity contribution in [3.8, 4) is 11.5 Å². The Hall–Kier alpha value is -2.72. The first kappa shape index (κ1) is 19.3. The van der Waals surface area contributed by atoms with E-state index in [1.54, 1.807) is 23.3 Å². The van der Waals surface area contributed by atoms with Gasteiger partial charge in [0.2, 0.25) is 0 Å². The molecule has 0 spiro atoms. The van der Waals surface area contributed by atoms with Crippen LogP contribution in [0.3, 0.4) is 0 Å². The number of aromatic nitrogens is 3. The molecule has 2 saturated heterocycles. The van der Waals surface area contributed by atoms with Crippen LogP contribution in [-0.4, -0.2) is 71.6 Å². The van der Waals surface area contributed by atoms with Gasteiger partial charge < -0.3 is 18.6 Å². The number of carbonyl (C=O) groups is 1. The number of aryl methyl sites for hydroxylation is 1. The smallest absolute Gasteiger partial charge is 0.274 e. The van der Waals surface area contributed by atoms with Gasteiger partial charge in [0.05, 0.1) is 42.5 Å². The van der Waals surface area contributed by atoms with Crippen molar-refractivity contribution in [1.29, 1.82) is 0 Å². The van der Waals surface area contributed by atoms with Crippen LogP contribution in [0.25, 0.3) is 22.5 Å². The number of morpholine rings is 1. The number of hydrogen-bond acceptors (Lipinski definition) is 7. The highest BCUT2D eigenvalue weighted by atomic mass is 32.2. The fraction of sp³-hybridized carbons (Fsp3) is 0.450. The lowest BCUT2D eigenvalue weighted by atomic mass is 10.2. The molecule has 2 aliphatic rings. The zero-order valence-electron chi connectivity index (χ0n) is 16.6. The molecule has 3 aromatic heterocycles. The minimum atomic E-state index is -3.08. The molecule has 158 valence electrons. The molecule has 0 N–H and O–H groups in total. The van der Waals surface area contributed by atoms with Crippen molar-refractivity contribution in [2.75, 3.05) is 37.8 Å². The first-order valence-electron chi connectivity index (χ1n) is 9.94. The van der Waals surface area contributed by atoms with E-state index >= 15 is 0 Å². The van der Waals surface area contributed by atoms with Gasteiger partial charge in [0.1, 0.15) is 17.0 Å². The zero-order valence-corrected chi connectivity index (χ0v) is 17.4. The number of carbonyl (C=O) groups excluding carboxylic acids is 1. The highest BCUT2D eigenvalue weighted by molar-refractivity contribution is 7.91. The summed E-state index contributed by atoms with van der Waals surface area (Å²) in [5.74, 6) is 1.23. The molecule has 5 rings (SSSR count). The van der Waals surface area contributed by atoms with E-state index in [4.69, 9.17) is 9.15 Å². The van der Waals surface area contributed by atoms with E-state index in [0.29, 0.717) is 61.0 Å². The molecule has 10 heteroatoms. The summed E-state index contributed by atoms with van der Waals surface area (Å²) in [6.07, 6.45) is 2.08. The van der Waals surface area contributed by atoms with Gasteiger partial charge in [-0.3, -0.25) is 4.79 Å². The lowest BCUT2D eigenvalue weighted by Gasteiger charge is -2.26.